The van der Waals surface area contributed by atoms with Gasteiger partial charge in [0.2, 0.25) is 5.91 Å². The summed E-state index contributed by atoms with van der Waals surface area (Å²) < 4.78 is 0. The molecule has 0 N–H and O–H groups in total. The van der Waals surface area contributed by atoms with Crippen LogP contribution in [0.5, 0.6) is 0 Å². The molecule has 4 nitrogen and oxygen atoms in total. The second-order valence-corrected chi connectivity index (χ2v) is 7.29. The number of carbonyl (C=O) groups is 1. The highest BCUT2D eigenvalue weighted by molar-refractivity contribution is 7.13. The van der Waals surface area contributed by atoms with Crippen molar-refractivity contribution in [3.8, 4) is 10.6 Å². The molecule has 0 aliphatic carbocycles. The van der Waals surface area contributed by atoms with Crippen molar-refractivity contribution in [3.63, 3.8) is 0 Å². The molecule has 2 aromatic heterocycles. The van der Waals surface area contributed by atoms with Crippen molar-refractivity contribution in [1.82, 2.24) is 14.9 Å². The predicted molar refractivity (Wildman–Crippen MR) is 106 cm³/mol. The number of nitrogens with zero attached hydrogens (tertiary/aromatic N) is 3. The number of thiazole rings is 1. The smallest absolute Gasteiger partial charge is 0.222 e. The lowest BCUT2D eigenvalue weighted by atomic mass is 10.1. The van der Waals surface area contributed by atoms with E-state index in [1.165, 1.54) is 11.1 Å². The Bertz CT molecular complexity index is 860. The number of rotatable bonds is 7. The SMILES string of the molecule is Cc1cccc(-c2nc(CCC(=O)N(C)CCc3ccncc3)cs2)c1. The molecule has 26 heavy (non-hydrogen) atoms. The second-order valence-electron chi connectivity index (χ2n) is 6.43. The summed E-state index contributed by atoms with van der Waals surface area (Å²) in [6.45, 7) is 2.80. The average Bonchev–Trinajstić information content (AvgIpc) is 3.14. The molecule has 5 heteroatoms. The van der Waals surface area contributed by atoms with Crippen molar-refractivity contribution < 1.29 is 4.79 Å². The zero-order valence-electron chi connectivity index (χ0n) is 15.2. The number of amides is 1. The lowest BCUT2D eigenvalue weighted by Crippen LogP contribution is -2.29. The van der Waals surface area contributed by atoms with Crippen LogP contribution in [0.2, 0.25) is 0 Å². The van der Waals surface area contributed by atoms with Crippen LogP contribution >= 0.6 is 11.3 Å². The highest BCUT2D eigenvalue weighted by Crippen LogP contribution is 2.25. The first-order valence-corrected chi connectivity index (χ1v) is 9.64. The van der Waals surface area contributed by atoms with Gasteiger partial charge in [0, 0.05) is 43.4 Å². The number of aryl methyl sites for hydroxylation is 2. The third kappa shape index (κ3) is 4.99. The largest absolute Gasteiger partial charge is 0.345 e. The number of hydrogen-bond donors (Lipinski definition) is 0. The summed E-state index contributed by atoms with van der Waals surface area (Å²) in [5, 5.41) is 3.07. The van der Waals surface area contributed by atoms with Gasteiger partial charge >= 0.3 is 0 Å². The molecular formula is C21H23N3OS. The molecule has 0 spiro atoms. The molecule has 0 aliphatic rings. The van der Waals surface area contributed by atoms with E-state index in [2.05, 4.69) is 40.5 Å². The van der Waals surface area contributed by atoms with Crippen molar-refractivity contribution in [2.75, 3.05) is 13.6 Å². The van der Waals surface area contributed by atoms with Gasteiger partial charge in [0.15, 0.2) is 0 Å². The predicted octanol–water partition coefficient (Wildman–Crippen LogP) is 4.15. The number of benzene rings is 1. The van der Waals surface area contributed by atoms with Crippen LogP contribution in [0.4, 0.5) is 0 Å². The molecule has 1 amide bonds. The van der Waals surface area contributed by atoms with Gasteiger partial charge in [0.1, 0.15) is 5.01 Å². The van der Waals surface area contributed by atoms with Crippen molar-refractivity contribution >= 4 is 17.2 Å². The lowest BCUT2D eigenvalue weighted by molar-refractivity contribution is -0.129. The molecule has 1 aromatic carbocycles. The Morgan fingerprint density at radius 1 is 1.15 bits per heavy atom. The summed E-state index contributed by atoms with van der Waals surface area (Å²) in [7, 11) is 1.86. The fourth-order valence-corrected chi connectivity index (χ4v) is 3.58. The van der Waals surface area contributed by atoms with Crippen LogP contribution in [0, 0.1) is 6.92 Å². The molecule has 2 heterocycles. The van der Waals surface area contributed by atoms with E-state index in [1.54, 1.807) is 28.6 Å². The van der Waals surface area contributed by atoms with Crippen LogP contribution in [0.15, 0.2) is 54.2 Å². The van der Waals surface area contributed by atoms with E-state index in [0.29, 0.717) is 19.4 Å². The Morgan fingerprint density at radius 3 is 2.73 bits per heavy atom. The molecule has 0 aliphatic heterocycles. The zero-order chi connectivity index (χ0) is 18.4. The van der Waals surface area contributed by atoms with E-state index in [9.17, 15) is 4.79 Å². The number of aromatic nitrogens is 2. The van der Waals surface area contributed by atoms with E-state index >= 15 is 0 Å². The van der Waals surface area contributed by atoms with Gasteiger partial charge in [-0.05, 0) is 43.5 Å². The summed E-state index contributed by atoms with van der Waals surface area (Å²) in [6, 6.07) is 12.3. The molecule has 0 unspecified atom stereocenters. The molecule has 0 fully saturated rings. The number of carbonyl (C=O) groups excluding carboxylic acids is 1. The van der Waals surface area contributed by atoms with Crippen molar-refractivity contribution in [3.05, 3.63) is 71.0 Å². The van der Waals surface area contributed by atoms with Crippen LogP contribution in [0.1, 0.15) is 23.2 Å². The van der Waals surface area contributed by atoms with Gasteiger partial charge in [-0.3, -0.25) is 9.78 Å². The average molecular weight is 366 g/mol. The summed E-state index contributed by atoms with van der Waals surface area (Å²) >= 11 is 1.64. The van der Waals surface area contributed by atoms with Gasteiger partial charge in [-0.25, -0.2) is 4.98 Å². The third-order valence-electron chi connectivity index (χ3n) is 4.32. The number of pyridine rings is 1. The van der Waals surface area contributed by atoms with Gasteiger partial charge in [0.05, 0.1) is 5.69 Å². The minimum atomic E-state index is 0.157. The second kappa shape index (κ2) is 8.72. The van der Waals surface area contributed by atoms with Gasteiger partial charge < -0.3 is 4.90 Å². The topological polar surface area (TPSA) is 46.1 Å². The Kier molecular flexibility index (Phi) is 6.12. The molecule has 3 aromatic rings. The maximum atomic E-state index is 12.3. The van der Waals surface area contributed by atoms with E-state index < -0.39 is 0 Å². The van der Waals surface area contributed by atoms with Gasteiger partial charge in [-0.1, -0.05) is 23.8 Å². The lowest BCUT2D eigenvalue weighted by Gasteiger charge is -2.16. The Hall–Kier alpha value is -2.53. The van der Waals surface area contributed by atoms with Gasteiger partial charge in [-0.15, -0.1) is 11.3 Å². The highest BCUT2D eigenvalue weighted by atomic mass is 32.1. The Balaban J connectivity index is 1.50. The number of likely N-dealkylation sites (N-methyl/N-ethyl adjacent to an activating group) is 1. The first kappa shape index (κ1) is 18.3. The zero-order valence-corrected chi connectivity index (χ0v) is 16.0. The quantitative estimate of drug-likeness (QED) is 0.632. The number of hydrogen-bond acceptors (Lipinski definition) is 4. The monoisotopic (exact) mass is 365 g/mol. The van der Waals surface area contributed by atoms with Crippen LogP contribution in [0.3, 0.4) is 0 Å². The van der Waals surface area contributed by atoms with E-state index in [-0.39, 0.29) is 5.91 Å². The van der Waals surface area contributed by atoms with Crippen LogP contribution in [0.25, 0.3) is 10.6 Å². The Labute approximate surface area is 158 Å². The molecule has 0 radical (unpaired) electrons. The summed E-state index contributed by atoms with van der Waals surface area (Å²) in [5.74, 6) is 0.157. The highest BCUT2D eigenvalue weighted by Gasteiger charge is 2.11. The first-order chi connectivity index (χ1) is 12.6. The maximum absolute atomic E-state index is 12.3. The summed E-state index contributed by atoms with van der Waals surface area (Å²) in [4.78, 5) is 22.8. The molecule has 0 atom stereocenters. The van der Waals surface area contributed by atoms with Gasteiger partial charge in [0.25, 0.3) is 0 Å². The molecule has 0 saturated carbocycles. The van der Waals surface area contributed by atoms with Crippen molar-refractivity contribution in [1.29, 1.82) is 0 Å². The molecule has 0 saturated heterocycles. The molecular weight excluding hydrogens is 342 g/mol. The van der Waals surface area contributed by atoms with Crippen molar-refractivity contribution in [2.45, 2.75) is 26.2 Å². The fraction of sp³-hybridized carbons (Fsp3) is 0.286. The molecule has 134 valence electrons. The minimum absolute atomic E-state index is 0.157. The van der Waals surface area contributed by atoms with Crippen LogP contribution < -0.4 is 0 Å². The van der Waals surface area contributed by atoms with Crippen molar-refractivity contribution in [2.24, 2.45) is 0 Å². The summed E-state index contributed by atoms with van der Waals surface area (Å²) in [5.41, 5.74) is 4.55. The summed E-state index contributed by atoms with van der Waals surface area (Å²) in [6.07, 6.45) is 5.58. The normalized spacial score (nSPS) is 10.7. The van der Waals surface area contributed by atoms with Gasteiger partial charge in [-0.2, -0.15) is 0 Å². The molecule has 0 bridgehead atoms. The van der Waals surface area contributed by atoms with E-state index in [4.69, 9.17) is 0 Å². The van der Waals surface area contributed by atoms with E-state index in [1.807, 2.05) is 25.2 Å². The Morgan fingerprint density at radius 2 is 1.96 bits per heavy atom. The standard InChI is InChI=1S/C21H23N3OS/c1-16-4-3-5-18(14-16)21-23-19(15-26-21)6-7-20(25)24(2)13-10-17-8-11-22-12-9-17/h3-5,8-9,11-12,14-15H,6-7,10,13H2,1-2H3. The first-order valence-electron chi connectivity index (χ1n) is 8.76. The van der Waals surface area contributed by atoms with E-state index in [0.717, 1.165) is 22.7 Å². The maximum Gasteiger partial charge on any atom is 0.222 e. The molecule has 3 rings (SSSR count). The fourth-order valence-electron chi connectivity index (χ4n) is 2.73. The van der Waals surface area contributed by atoms with Crippen LogP contribution in [-0.2, 0) is 17.6 Å². The third-order valence-corrected chi connectivity index (χ3v) is 5.26. The van der Waals surface area contributed by atoms with Crippen LogP contribution in [-0.4, -0.2) is 34.4 Å². The minimum Gasteiger partial charge on any atom is -0.345 e.